The zero-order valence-electron chi connectivity index (χ0n) is 19.9. The maximum atomic E-state index is 12.2. The van der Waals surface area contributed by atoms with Crippen molar-refractivity contribution in [3.05, 3.63) is 47.5 Å². The van der Waals surface area contributed by atoms with E-state index >= 15 is 0 Å². The Labute approximate surface area is 202 Å². The first kappa shape index (κ1) is 21.3. The summed E-state index contributed by atoms with van der Waals surface area (Å²) in [5.41, 5.74) is 5.73. The molecule has 0 atom stereocenters. The molecule has 0 spiro atoms. The number of fused-ring (bicyclic) bond motifs is 3. The van der Waals surface area contributed by atoms with Crippen LogP contribution in [0, 0.1) is 13.8 Å². The van der Waals surface area contributed by atoms with Crippen molar-refractivity contribution >= 4 is 34.0 Å². The van der Waals surface area contributed by atoms with Crippen LogP contribution in [-0.4, -0.2) is 62.3 Å². The minimum Gasteiger partial charge on any atom is -0.474 e. The van der Waals surface area contributed by atoms with Crippen molar-refractivity contribution in [1.82, 2.24) is 29.6 Å². The van der Waals surface area contributed by atoms with E-state index in [2.05, 4.69) is 38.7 Å². The van der Waals surface area contributed by atoms with Gasteiger partial charge in [0.15, 0.2) is 5.82 Å². The van der Waals surface area contributed by atoms with Crippen molar-refractivity contribution in [1.29, 1.82) is 0 Å². The highest BCUT2D eigenvalue weighted by Gasteiger charge is 2.20. The molecule has 6 heterocycles. The predicted octanol–water partition coefficient (Wildman–Crippen LogP) is 3.07. The molecule has 0 unspecified atom stereocenters. The van der Waals surface area contributed by atoms with E-state index < -0.39 is 0 Å². The predicted molar refractivity (Wildman–Crippen MR) is 133 cm³/mol. The summed E-state index contributed by atoms with van der Waals surface area (Å²) in [6.07, 6.45) is 4.42. The monoisotopic (exact) mass is 470 g/mol. The van der Waals surface area contributed by atoms with Crippen LogP contribution in [0.25, 0.3) is 22.0 Å². The summed E-state index contributed by atoms with van der Waals surface area (Å²) in [6, 6.07) is 6.05. The lowest BCUT2D eigenvalue weighted by Crippen LogP contribution is -2.29. The molecule has 1 amide bonds. The van der Waals surface area contributed by atoms with Crippen LogP contribution in [0.5, 0.6) is 5.88 Å². The number of ether oxygens (including phenoxy) is 1. The van der Waals surface area contributed by atoms with E-state index in [9.17, 15) is 4.79 Å². The molecule has 4 aromatic heterocycles. The number of carbonyl (C=O) groups is 1. The Balaban J connectivity index is 1.33. The highest BCUT2D eigenvalue weighted by Crippen LogP contribution is 2.36. The van der Waals surface area contributed by atoms with Gasteiger partial charge < -0.3 is 20.3 Å². The fourth-order valence-electron chi connectivity index (χ4n) is 4.64. The van der Waals surface area contributed by atoms with Gasteiger partial charge in [0.2, 0.25) is 11.8 Å². The molecule has 2 aliphatic rings. The maximum absolute atomic E-state index is 12.2. The molecule has 35 heavy (non-hydrogen) atoms. The number of nitrogens with zero attached hydrogens (tertiary/aromatic N) is 6. The van der Waals surface area contributed by atoms with E-state index in [1.54, 1.807) is 9.58 Å². The molecule has 0 bridgehead atoms. The lowest BCUT2D eigenvalue weighted by molar-refractivity contribution is -0.130. The van der Waals surface area contributed by atoms with E-state index in [1.807, 2.05) is 38.5 Å². The average molecular weight is 471 g/mol. The van der Waals surface area contributed by atoms with Gasteiger partial charge in [-0.15, -0.1) is 0 Å². The van der Waals surface area contributed by atoms with Crippen LogP contribution in [0.15, 0.2) is 30.6 Å². The third-order valence-corrected chi connectivity index (χ3v) is 6.66. The van der Waals surface area contributed by atoms with E-state index in [1.165, 1.54) is 0 Å². The average Bonchev–Trinajstić information content (AvgIpc) is 3.17. The van der Waals surface area contributed by atoms with Gasteiger partial charge in [0.05, 0.1) is 5.69 Å². The second kappa shape index (κ2) is 8.23. The third kappa shape index (κ3) is 3.80. The summed E-state index contributed by atoms with van der Waals surface area (Å²) >= 11 is 0. The molecule has 10 heteroatoms. The van der Waals surface area contributed by atoms with Crippen molar-refractivity contribution in [2.45, 2.75) is 26.8 Å². The summed E-state index contributed by atoms with van der Waals surface area (Å²) in [5, 5.41) is 13.3. The van der Waals surface area contributed by atoms with Crippen molar-refractivity contribution in [3.63, 3.8) is 0 Å². The first-order valence-electron chi connectivity index (χ1n) is 11.7. The van der Waals surface area contributed by atoms with E-state index in [0.29, 0.717) is 30.7 Å². The van der Waals surface area contributed by atoms with Crippen LogP contribution in [0.4, 0.5) is 17.3 Å². The zero-order chi connectivity index (χ0) is 24.1. The number of carbonyl (C=O) groups excluding carboxylic acids is 1. The normalized spacial score (nSPS) is 15.2. The Morgan fingerprint density at radius 3 is 2.89 bits per heavy atom. The number of aromatic nitrogens is 5. The number of aryl methyl sites for hydroxylation is 1. The molecule has 178 valence electrons. The Kier molecular flexibility index (Phi) is 5.01. The molecule has 6 rings (SSSR count). The third-order valence-electron chi connectivity index (χ3n) is 6.66. The summed E-state index contributed by atoms with van der Waals surface area (Å²) in [6.45, 7) is 6.36. The summed E-state index contributed by atoms with van der Waals surface area (Å²) in [7, 11) is 1.82. The number of hydrogen-bond donors (Lipinski definition) is 2. The molecule has 0 aromatic carbocycles. The second-order valence-electron chi connectivity index (χ2n) is 9.00. The van der Waals surface area contributed by atoms with Crippen LogP contribution in [0.1, 0.15) is 17.0 Å². The van der Waals surface area contributed by atoms with Crippen molar-refractivity contribution in [3.8, 4) is 17.1 Å². The Hall–Kier alpha value is -4.21. The molecule has 2 aliphatic heterocycles. The lowest BCUT2D eigenvalue weighted by Gasteiger charge is -2.21. The van der Waals surface area contributed by atoms with Crippen LogP contribution in [-0.2, 0) is 17.8 Å². The van der Waals surface area contributed by atoms with E-state index in [-0.39, 0.29) is 12.5 Å². The molecule has 0 fully saturated rings. The highest BCUT2D eigenvalue weighted by atomic mass is 16.5. The van der Waals surface area contributed by atoms with Crippen molar-refractivity contribution in [2.24, 2.45) is 0 Å². The van der Waals surface area contributed by atoms with Crippen LogP contribution in [0.2, 0.25) is 0 Å². The largest absolute Gasteiger partial charge is 0.474 e. The Bertz CT molecular complexity index is 1480. The molecule has 2 N–H and O–H groups in total. The van der Waals surface area contributed by atoms with Crippen LogP contribution < -0.4 is 15.4 Å². The van der Waals surface area contributed by atoms with Crippen molar-refractivity contribution in [2.75, 3.05) is 37.4 Å². The van der Waals surface area contributed by atoms with E-state index in [0.717, 1.165) is 57.6 Å². The zero-order valence-corrected chi connectivity index (χ0v) is 19.9. The quantitative estimate of drug-likeness (QED) is 0.470. The van der Waals surface area contributed by atoms with Crippen molar-refractivity contribution < 1.29 is 9.53 Å². The Morgan fingerprint density at radius 1 is 1.11 bits per heavy atom. The number of rotatable bonds is 3. The van der Waals surface area contributed by atoms with Gasteiger partial charge in [0, 0.05) is 67.4 Å². The minimum absolute atomic E-state index is 0.0615. The molecule has 4 aromatic rings. The first-order chi connectivity index (χ1) is 17.0. The van der Waals surface area contributed by atoms with Gasteiger partial charge in [-0.05, 0) is 36.9 Å². The molecule has 0 aliphatic carbocycles. The number of likely N-dealkylation sites (N-methyl/N-ethyl adjacent to an activating group) is 1. The summed E-state index contributed by atoms with van der Waals surface area (Å²) in [5.74, 6) is 2.06. The number of pyridine rings is 3. The van der Waals surface area contributed by atoms with Gasteiger partial charge in [0.1, 0.15) is 24.7 Å². The molecular weight excluding hydrogens is 444 g/mol. The van der Waals surface area contributed by atoms with Gasteiger partial charge in [0.25, 0.3) is 0 Å². The van der Waals surface area contributed by atoms with Crippen LogP contribution in [0.3, 0.4) is 0 Å². The second-order valence-corrected chi connectivity index (χ2v) is 9.00. The van der Waals surface area contributed by atoms with Gasteiger partial charge in [-0.2, -0.15) is 5.10 Å². The molecule has 0 radical (unpaired) electrons. The fourth-order valence-corrected chi connectivity index (χ4v) is 4.64. The maximum Gasteiger partial charge on any atom is 0.244 e. The molecule has 0 saturated carbocycles. The summed E-state index contributed by atoms with van der Waals surface area (Å²) in [4.78, 5) is 27.8. The van der Waals surface area contributed by atoms with E-state index in [4.69, 9.17) is 9.72 Å². The number of anilines is 3. The van der Waals surface area contributed by atoms with Gasteiger partial charge in [-0.1, -0.05) is 0 Å². The summed E-state index contributed by atoms with van der Waals surface area (Å²) < 4.78 is 7.44. The first-order valence-corrected chi connectivity index (χ1v) is 11.7. The lowest BCUT2D eigenvalue weighted by atomic mass is 10.0. The SMILES string of the molecule is Cc1c(-c2cc3cc(Nc4cc5n(n4)CC(=O)N(C)CC5)ncc3c(C)n2)cnc2c1NCCO2. The number of hydrogen-bond acceptors (Lipinski definition) is 8. The Morgan fingerprint density at radius 2 is 2.00 bits per heavy atom. The highest BCUT2D eigenvalue weighted by molar-refractivity contribution is 5.90. The number of nitrogens with one attached hydrogen (secondary N) is 2. The smallest absolute Gasteiger partial charge is 0.244 e. The minimum atomic E-state index is 0.0615. The molecular formula is C25H26N8O2. The van der Waals surface area contributed by atoms with Gasteiger partial charge in [-0.3, -0.25) is 14.5 Å². The fraction of sp³-hybridized carbons (Fsp3) is 0.320. The molecule has 10 nitrogen and oxygen atoms in total. The topological polar surface area (TPSA) is 110 Å². The standard InChI is InChI=1S/C25H26N8O2/c1-14-18(11-28-25-24(14)26-5-7-35-25)20-8-16-9-21(27-12-19(16)15(2)29-20)30-22-10-17-4-6-32(3)23(34)13-33(17)31-22/h8-12,26H,4-7,13H2,1-3H3,(H,27,30,31). The van der Waals surface area contributed by atoms with Crippen LogP contribution >= 0.6 is 0 Å². The van der Waals surface area contributed by atoms with Gasteiger partial charge in [-0.25, -0.2) is 9.97 Å². The molecule has 0 saturated heterocycles. The number of amides is 1. The van der Waals surface area contributed by atoms with Gasteiger partial charge >= 0.3 is 0 Å².